The zero-order chi connectivity index (χ0) is 10.2. The lowest BCUT2D eigenvalue weighted by Gasteiger charge is -2.13. The van der Waals surface area contributed by atoms with E-state index in [2.05, 4.69) is 24.6 Å². The smallest absolute Gasteiger partial charge is 0.0215 e. The van der Waals surface area contributed by atoms with Gasteiger partial charge in [0.05, 0.1) is 0 Å². The van der Waals surface area contributed by atoms with Crippen LogP contribution in [-0.2, 0) is 0 Å². The highest BCUT2D eigenvalue weighted by Gasteiger charge is 2.04. The van der Waals surface area contributed by atoms with Gasteiger partial charge >= 0.3 is 0 Å². The summed E-state index contributed by atoms with van der Waals surface area (Å²) in [5.74, 6) is 0. The Morgan fingerprint density at radius 3 is 2.71 bits per heavy atom. The normalized spacial score (nSPS) is 15.9. The maximum Gasteiger partial charge on any atom is 0.0215 e. The predicted molar refractivity (Wildman–Crippen MR) is 65.9 cm³/mol. The maximum absolute atomic E-state index is 3.26. The molecule has 0 spiro atoms. The third kappa shape index (κ3) is 4.23. The van der Waals surface area contributed by atoms with E-state index in [0.717, 1.165) is 0 Å². The molecule has 1 aliphatic rings. The molecule has 2 heteroatoms. The molecule has 0 unspecified atom stereocenters. The number of nitrogens with one attached hydrogen (secondary N) is 1. The Bertz CT molecular complexity index is 218. The fraction of sp³-hybridized carbons (Fsp3) is 0.667. The average Bonchev–Trinajstić information content (AvgIpc) is 2.20. The Kier molecular flexibility index (Phi) is 5.85. The first-order valence-electron chi connectivity index (χ1n) is 5.62. The molecule has 0 saturated carbocycles. The molecule has 0 aromatic rings. The van der Waals surface area contributed by atoms with Gasteiger partial charge in [-0.15, -0.1) is 0 Å². The molecular formula is C12H21NS. The van der Waals surface area contributed by atoms with Gasteiger partial charge in [-0.3, -0.25) is 0 Å². The standard InChI is InChI=1S/C12H21NS/c1-3-4-5-6-7-8-12-11(2)13-9-10-14-12/h9-10,13H,3-8H2,1-2H3. The van der Waals surface area contributed by atoms with Gasteiger partial charge < -0.3 is 5.32 Å². The van der Waals surface area contributed by atoms with Crippen LogP contribution in [0.1, 0.15) is 52.4 Å². The van der Waals surface area contributed by atoms with Gasteiger partial charge in [-0.25, -0.2) is 0 Å². The fourth-order valence-corrected chi connectivity index (χ4v) is 2.38. The third-order valence-electron chi connectivity index (χ3n) is 2.50. The molecule has 0 atom stereocenters. The van der Waals surface area contributed by atoms with Crippen LogP contribution in [0, 0.1) is 0 Å². The van der Waals surface area contributed by atoms with Gasteiger partial charge in [0.15, 0.2) is 0 Å². The van der Waals surface area contributed by atoms with Crippen molar-refractivity contribution < 1.29 is 0 Å². The highest BCUT2D eigenvalue weighted by atomic mass is 32.2. The van der Waals surface area contributed by atoms with Crippen molar-refractivity contribution in [1.29, 1.82) is 0 Å². The zero-order valence-electron chi connectivity index (χ0n) is 9.31. The SMILES string of the molecule is CCCCCCCC1=C(C)NC=CS1. The van der Waals surface area contributed by atoms with E-state index in [1.54, 1.807) is 0 Å². The van der Waals surface area contributed by atoms with E-state index in [1.807, 2.05) is 18.0 Å². The summed E-state index contributed by atoms with van der Waals surface area (Å²) in [5, 5.41) is 5.40. The molecule has 1 N–H and O–H groups in total. The summed E-state index contributed by atoms with van der Waals surface area (Å²) in [6.07, 6.45) is 10.1. The Hall–Kier alpha value is -0.370. The van der Waals surface area contributed by atoms with E-state index in [0.29, 0.717) is 0 Å². The summed E-state index contributed by atoms with van der Waals surface area (Å²) in [5.41, 5.74) is 1.34. The predicted octanol–water partition coefficient (Wildman–Crippen LogP) is 4.39. The van der Waals surface area contributed by atoms with Crippen molar-refractivity contribution in [3.63, 3.8) is 0 Å². The van der Waals surface area contributed by atoms with E-state index < -0.39 is 0 Å². The van der Waals surface area contributed by atoms with Crippen LogP contribution in [0.25, 0.3) is 0 Å². The summed E-state index contributed by atoms with van der Waals surface area (Å²) < 4.78 is 0. The number of hydrogen-bond acceptors (Lipinski definition) is 2. The first-order chi connectivity index (χ1) is 6.84. The minimum Gasteiger partial charge on any atom is -0.364 e. The van der Waals surface area contributed by atoms with Gasteiger partial charge in [-0.05, 0) is 25.2 Å². The zero-order valence-corrected chi connectivity index (χ0v) is 10.1. The van der Waals surface area contributed by atoms with Crippen molar-refractivity contribution in [3.8, 4) is 0 Å². The number of hydrogen-bond donors (Lipinski definition) is 1. The van der Waals surface area contributed by atoms with E-state index in [9.17, 15) is 0 Å². The van der Waals surface area contributed by atoms with Gasteiger partial charge in [0, 0.05) is 16.8 Å². The number of thioether (sulfide) groups is 1. The molecule has 1 rings (SSSR count). The second-order valence-electron chi connectivity index (χ2n) is 3.78. The molecule has 1 aliphatic heterocycles. The Labute approximate surface area is 92.0 Å². The highest BCUT2D eigenvalue weighted by Crippen LogP contribution is 2.28. The molecule has 14 heavy (non-hydrogen) atoms. The minimum atomic E-state index is 1.25. The summed E-state index contributed by atoms with van der Waals surface area (Å²) in [6.45, 7) is 4.43. The highest BCUT2D eigenvalue weighted by molar-refractivity contribution is 8.05. The number of rotatable bonds is 6. The van der Waals surface area contributed by atoms with Crippen LogP contribution in [-0.4, -0.2) is 0 Å². The second-order valence-corrected chi connectivity index (χ2v) is 4.78. The first-order valence-corrected chi connectivity index (χ1v) is 6.50. The molecule has 0 saturated heterocycles. The third-order valence-corrected chi connectivity index (χ3v) is 3.57. The van der Waals surface area contributed by atoms with Crippen LogP contribution in [0.4, 0.5) is 0 Å². The Morgan fingerprint density at radius 2 is 2.00 bits per heavy atom. The number of unbranched alkanes of at least 4 members (excludes halogenated alkanes) is 4. The van der Waals surface area contributed by atoms with Crippen LogP contribution in [0.3, 0.4) is 0 Å². The molecule has 0 aromatic carbocycles. The van der Waals surface area contributed by atoms with E-state index in [-0.39, 0.29) is 0 Å². The Morgan fingerprint density at radius 1 is 1.21 bits per heavy atom. The molecule has 0 aromatic heterocycles. The van der Waals surface area contributed by atoms with Crippen molar-refractivity contribution >= 4 is 11.8 Å². The largest absolute Gasteiger partial charge is 0.364 e. The van der Waals surface area contributed by atoms with Crippen molar-refractivity contribution in [2.75, 3.05) is 0 Å². The summed E-state index contributed by atoms with van der Waals surface area (Å²) in [4.78, 5) is 1.52. The van der Waals surface area contributed by atoms with Crippen molar-refractivity contribution in [2.24, 2.45) is 0 Å². The van der Waals surface area contributed by atoms with E-state index >= 15 is 0 Å². The lowest BCUT2D eigenvalue weighted by molar-refractivity contribution is 0.634. The maximum atomic E-state index is 3.26. The first kappa shape index (κ1) is 11.7. The van der Waals surface area contributed by atoms with Crippen molar-refractivity contribution in [3.05, 3.63) is 22.2 Å². The Balaban J connectivity index is 2.11. The van der Waals surface area contributed by atoms with Gasteiger partial charge in [-0.2, -0.15) is 0 Å². The molecule has 1 nitrogen and oxygen atoms in total. The van der Waals surface area contributed by atoms with E-state index in [4.69, 9.17) is 0 Å². The van der Waals surface area contributed by atoms with Crippen LogP contribution < -0.4 is 5.32 Å². The molecule has 0 radical (unpaired) electrons. The van der Waals surface area contributed by atoms with Crippen LogP contribution in [0.5, 0.6) is 0 Å². The summed E-state index contributed by atoms with van der Waals surface area (Å²) >= 11 is 1.87. The molecule has 0 amide bonds. The molecular weight excluding hydrogens is 190 g/mol. The van der Waals surface area contributed by atoms with Crippen LogP contribution >= 0.6 is 11.8 Å². The van der Waals surface area contributed by atoms with Crippen molar-refractivity contribution in [1.82, 2.24) is 5.32 Å². The van der Waals surface area contributed by atoms with E-state index in [1.165, 1.54) is 49.1 Å². The summed E-state index contributed by atoms with van der Waals surface area (Å²) in [6, 6.07) is 0. The van der Waals surface area contributed by atoms with Gasteiger partial charge in [-0.1, -0.05) is 44.4 Å². The number of allylic oxidation sites excluding steroid dienone is 2. The molecule has 1 heterocycles. The minimum absolute atomic E-state index is 1.25. The van der Waals surface area contributed by atoms with Gasteiger partial charge in [0.25, 0.3) is 0 Å². The quantitative estimate of drug-likeness (QED) is 0.654. The molecule has 80 valence electrons. The molecule has 0 aliphatic carbocycles. The average molecular weight is 211 g/mol. The summed E-state index contributed by atoms with van der Waals surface area (Å²) in [7, 11) is 0. The van der Waals surface area contributed by atoms with Crippen LogP contribution in [0.2, 0.25) is 0 Å². The molecule has 0 fully saturated rings. The fourth-order valence-electron chi connectivity index (χ4n) is 1.58. The van der Waals surface area contributed by atoms with Crippen LogP contribution in [0.15, 0.2) is 22.2 Å². The topological polar surface area (TPSA) is 12.0 Å². The molecule has 0 bridgehead atoms. The van der Waals surface area contributed by atoms with Gasteiger partial charge in [0.1, 0.15) is 0 Å². The monoisotopic (exact) mass is 211 g/mol. The van der Waals surface area contributed by atoms with Crippen molar-refractivity contribution in [2.45, 2.75) is 52.4 Å². The second kappa shape index (κ2) is 6.99. The lowest BCUT2D eigenvalue weighted by atomic mass is 10.1. The van der Waals surface area contributed by atoms with Gasteiger partial charge in [0.2, 0.25) is 0 Å². The lowest BCUT2D eigenvalue weighted by Crippen LogP contribution is -2.06.